The van der Waals surface area contributed by atoms with Crippen molar-refractivity contribution in [1.82, 2.24) is 24.5 Å². The number of piperidine rings is 1. The number of fused-ring (bicyclic) bond motifs is 2. The largest absolute Gasteiger partial charge is 0.493 e. The fourth-order valence-electron chi connectivity index (χ4n) is 9.73. The molecule has 15 nitrogen and oxygen atoms in total. The molecule has 5 heterocycles. The number of carbonyl (C=O) groups is 1. The Kier molecular flexibility index (Phi) is 12.6. The van der Waals surface area contributed by atoms with Gasteiger partial charge in [-0.25, -0.2) is 18.1 Å². The van der Waals surface area contributed by atoms with E-state index in [1.54, 1.807) is 30.5 Å². The van der Waals surface area contributed by atoms with Gasteiger partial charge in [0.25, 0.3) is 21.6 Å². The van der Waals surface area contributed by atoms with Crippen molar-refractivity contribution in [3.8, 4) is 17.2 Å². The van der Waals surface area contributed by atoms with Crippen LogP contribution >= 0.6 is 11.6 Å². The molecule has 1 amide bonds. The summed E-state index contributed by atoms with van der Waals surface area (Å²) in [5.41, 5.74) is 4.92. The van der Waals surface area contributed by atoms with Crippen LogP contribution < -0.4 is 19.1 Å². The minimum atomic E-state index is -4.65. The lowest BCUT2D eigenvalue weighted by Crippen LogP contribution is -2.47. The third-order valence-electron chi connectivity index (χ3n) is 13.7. The molecular formula is C49H56ClN7O8S. The number of amides is 1. The van der Waals surface area contributed by atoms with Crippen LogP contribution in [0.25, 0.3) is 16.6 Å². The van der Waals surface area contributed by atoms with Crippen LogP contribution in [0.4, 0.5) is 11.4 Å². The molecule has 0 spiro atoms. The van der Waals surface area contributed by atoms with Crippen LogP contribution in [0.1, 0.15) is 74.4 Å². The summed E-state index contributed by atoms with van der Waals surface area (Å²) in [7, 11) is -4.65. The number of ether oxygens (including phenoxy) is 2. The number of benzene rings is 3. The van der Waals surface area contributed by atoms with Crippen molar-refractivity contribution in [2.45, 2.75) is 69.8 Å². The number of likely N-dealkylation sites (tertiary alicyclic amines) is 1. The van der Waals surface area contributed by atoms with Gasteiger partial charge in [0, 0.05) is 98.8 Å². The smallest absolute Gasteiger partial charge is 0.277 e. The number of nitro groups is 1. The second-order valence-corrected chi connectivity index (χ2v) is 21.5. The first-order valence-electron chi connectivity index (χ1n) is 22.6. The van der Waals surface area contributed by atoms with Crippen molar-refractivity contribution >= 4 is 55.5 Å². The third kappa shape index (κ3) is 10.2. The van der Waals surface area contributed by atoms with Gasteiger partial charge in [-0.3, -0.25) is 19.8 Å². The number of nitrogens with one attached hydrogen (secondary N) is 2. The molecule has 3 aliphatic heterocycles. The Hall–Kier alpha value is -5.52. The van der Waals surface area contributed by atoms with Gasteiger partial charge in [-0.2, -0.15) is 0 Å². The number of halogens is 1. The van der Waals surface area contributed by atoms with Gasteiger partial charge < -0.3 is 29.4 Å². The van der Waals surface area contributed by atoms with E-state index in [1.165, 1.54) is 29.0 Å². The van der Waals surface area contributed by atoms with Gasteiger partial charge >= 0.3 is 0 Å². The first kappa shape index (κ1) is 45.6. The first-order valence-corrected chi connectivity index (χ1v) is 24.5. The summed E-state index contributed by atoms with van der Waals surface area (Å²) in [6, 6.07) is 19.1. The molecule has 2 saturated heterocycles. The monoisotopic (exact) mass is 937 g/mol. The van der Waals surface area contributed by atoms with Crippen molar-refractivity contribution in [2.75, 3.05) is 63.9 Å². The van der Waals surface area contributed by atoms with E-state index in [-0.39, 0.29) is 35.0 Å². The number of aromatic amines is 1. The van der Waals surface area contributed by atoms with Crippen molar-refractivity contribution in [3.63, 3.8) is 0 Å². The summed E-state index contributed by atoms with van der Waals surface area (Å²) < 4.78 is 42.4. The van der Waals surface area contributed by atoms with Crippen LogP contribution in [-0.4, -0.2) is 109 Å². The zero-order chi connectivity index (χ0) is 46.4. The fraction of sp³-hybridized carbons (Fsp3) is 0.429. The van der Waals surface area contributed by atoms with E-state index in [0.717, 1.165) is 61.1 Å². The SMILES string of the molecule is CC1(C)CCC(CN2CCN(c3ccc(C(=O)NS(=O)(=O)c4cc5c(c([N+](=O)[O-])c4)C[C@H](CN4CCC(C)(O)CC4)CO5)c(Oc4cnc5[nH]ccc5c4)c3)CC2)=C(c2ccc(Cl)cc2)C1. The van der Waals surface area contributed by atoms with E-state index in [2.05, 4.69) is 55.4 Å². The van der Waals surface area contributed by atoms with Crippen LogP contribution in [-0.2, 0) is 16.4 Å². The molecule has 2 fully saturated rings. The van der Waals surface area contributed by atoms with E-state index < -0.39 is 37.0 Å². The average Bonchev–Trinajstić information content (AvgIpc) is 3.76. The molecule has 5 aromatic rings. The topological polar surface area (TPSA) is 183 Å². The van der Waals surface area contributed by atoms with Gasteiger partial charge in [0.1, 0.15) is 22.9 Å². The number of hydrogen-bond acceptors (Lipinski definition) is 12. The van der Waals surface area contributed by atoms with E-state index in [0.29, 0.717) is 68.9 Å². The molecule has 66 heavy (non-hydrogen) atoms. The van der Waals surface area contributed by atoms with Gasteiger partial charge in [-0.05, 0) is 98.4 Å². The number of piperazine rings is 1. The van der Waals surface area contributed by atoms with Gasteiger partial charge in [0.2, 0.25) is 0 Å². The Labute approximate surface area is 389 Å². The molecule has 0 radical (unpaired) electrons. The molecule has 9 rings (SSSR count). The first-order chi connectivity index (χ1) is 31.5. The number of sulfonamides is 1. The van der Waals surface area contributed by atoms with Gasteiger partial charge in [0.15, 0.2) is 0 Å². The molecule has 348 valence electrons. The third-order valence-corrected chi connectivity index (χ3v) is 15.2. The standard InChI is InChI=1S/C49H56ClN7O8S/c1-48(2)12-10-35(42(27-48)33-4-6-36(50)7-5-33)30-55-18-20-56(21-19-55)37-8-9-40(45(24-37)65-38-23-34-11-15-51-46(34)52-28-38)47(58)53-66(62,63)39-25-43(57(60)61)41-22-32(31-64-44(41)26-39)29-54-16-13-49(3,59)14-17-54/h4-9,11,15,23-26,28,32,59H,10,12-14,16-22,27,29-31H2,1-3H3,(H,51,52)(H,53,58)/t32-/m1/s1. The second-order valence-electron chi connectivity index (χ2n) is 19.4. The van der Waals surface area contributed by atoms with Crippen molar-refractivity contribution in [2.24, 2.45) is 11.3 Å². The van der Waals surface area contributed by atoms with Gasteiger partial charge in [0.05, 0.1) is 39.4 Å². The van der Waals surface area contributed by atoms with Crippen LogP contribution in [0, 0.1) is 21.4 Å². The quantitative estimate of drug-likeness (QED) is 0.0806. The molecule has 1 aliphatic carbocycles. The van der Waals surface area contributed by atoms with Crippen molar-refractivity contribution in [1.29, 1.82) is 0 Å². The van der Waals surface area contributed by atoms with Crippen LogP contribution in [0.5, 0.6) is 17.2 Å². The Morgan fingerprint density at radius 1 is 1.00 bits per heavy atom. The lowest BCUT2D eigenvalue weighted by atomic mass is 9.72. The number of rotatable bonds is 12. The van der Waals surface area contributed by atoms with Crippen LogP contribution in [0.2, 0.25) is 5.02 Å². The number of carbonyl (C=O) groups excluding carboxylic acids is 1. The number of nitro benzene ring substituents is 1. The second kappa shape index (κ2) is 18.3. The molecule has 1 atom stereocenters. The summed E-state index contributed by atoms with van der Waals surface area (Å²) in [5.74, 6) is -0.489. The maximum atomic E-state index is 14.1. The normalized spacial score (nSPS) is 20.1. The highest BCUT2D eigenvalue weighted by atomic mass is 35.5. The average molecular weight is 939 g/mol. The summed E-state index contributed by atoms with van der Waals surface area (Å²) in [6.07, 6.45) is 8.04. The molecule has 2 aromatic heterocycles. The van der Waals surface area contributed by atoms with Crippen molar-refractivity contribution < 1.29 is 32.7 Å². The summed E-state index contributed by atoms with van der Waals surface area (Å²) in [6.45, 7) is 12.7. The van der Waals surface area contributed by atoms with Gasteiger partial charge in [-0.1, -0.05) is 43.2 Å². The number of H-pyrrole nitrogens is 1. The minimum absolute atomic E-state index is 0.0530. The Balaban J connectivity index is 0.929. The Bertz CT molecular complexity index is 2790. The Morgan fingerprint density at radius 3 is 2.50 bits per heavy atom. The highest BCUT2D eigenvalue weighted by Gasteiger charge is 2.35. The highest BCUT2D eigenvalue weighted by Crippen LogP contribution is 2.44. The van der Waals surface area contributed by atoms with Crippen molar-refractivity contribution in [3.05, 3.63) is 117 Å². The molecule has 4 aliphatic rings. The fourth-order valence-corrected chi connectivity index (χ4v) is 10.9. The van der Waals surface area contributed by atoms with Crippen LogP contribution in [0.3, 0.4) is 0 Å². The molecule has 0 bridgehead atoms. The molecule has 0 saturated carbocycles. The Morgan fingerprint density at radius 2 is 1.76 bits per heavy atom. The number of pyridine rings is 1. The lowest BCUT2D eigenvalue weighted by Gasteiger charge is -2.39. The maximum Gasteiger partial charge on any atom is 0.277 e. The zero-order valence-corrected chi connectivity index (χ0v) is 39.1. The summed E-state index contributed by atoms with van der Waals surface area (Å²) >= 11 is 6.25. The predicted molar refractivity (Wildman–Crippen MR) is 254 cm³/mol. The number of allylic oxidation sites excluding steroid dienone is 1. The van der Waals surface area contributed by atoms with Crippen LogP contribution in [0.15, 0.2) is 89.6 Å². The maximum absolute atomic E-state index is 14.1. The zero-order valence-electron chi connectivity index (χ0n) is 37.5. The predicted octanol–water partition coefficient (Wildman–Crippen LogP) is 8.22. The van der Waals surface area contributed by atoms with E-state index in [1.807, 2.05) is 25.1 Å². The lowest BCUT2D eigenvalue weighted by molar-refractivity contribution is -0.386. The number of aliphatic hydroxyl groups is 1. The highest BCUT2D eigenvalue weighted by molar-refractivity contribution is 7.90. The molecule has 3 aromatic carbocycles. The number of nitrogens with zero attached hydrogens (tertiary/aromatic N) is 5. The summed E-state index contributed by atoms with van der Waals surface area (Å²) in [4.78, 5) is 39.8. The molecule has 0 unspecified atom stereocenters. The van der Waals surface area contributed by atoms with E-state index in [9.17, 15) is 28.4 Å². The number of anilines is 1. The molecule has 17 heteroatoms. The van der Waals surface area contributed by atoms with Gasteiger partial charge in [-0.15, -0.1) is 0 Å². The van der Waals surface area contributed by atoms with E-state index in [4.69, 9.17) is 21.1 Å². The molecular weight excluding hydrogens is 882 g/mol. The number of aromatic nitrogens is 2. The summed E-state index contributed by atoms with van der Waals surface area (Å²) in [5, 5.41) is 24.3. The minimum Gasteiger partial charge on any atom is -0.493 e. The van der Waals surface area contributed by atoms with E-state index >= 15 is 0 Å². The number of hydrogen-bond donors (Lipinski definition) is 3. The molecule has 3 N–H and O–H groups in total.